The first kappa shape index (κ1) is 15.1. The predicted molar refractivity (Wildman–Crippen MR) is 58.7 cm³/mol. The van der Waals surface area contributed by atoms with Crippen LogP contribution in [0.5, 0.6) is 5.75 Å². The number of nitrogens with zero attached hydrogens (tertiary/aromatic N) is 1. The van der Waals surface area contributed by atoms with E-state index in [0.29, 0.717) is 0 Å². The molecule has 102 valence electrons. The van der Waals surface area contributed by atoms with E-state index in [-0.39, 0.29) is 17.0 Å². The Hall–Kier alpha value is -1.94. The standard InChI is InChI=1S/C11H7ClF3NO3/c12-4-7-2-1-6(3-9(17)18)10(8(7)5-16)19-11(13,14)15/h1-2H,3-4H2,(H,17,18). The highest BCUT2D eigenvalue weighted by molar-refractivity contribution is 6.17. The molecule has 1 rings (SSSR count). The van der Waals surface area contributed by atoms with Gasteiger partial charge >= 0.3 is 12.3 Å². The molecular formula is C11H7ClF3NO3. The number of carbonyl (C=O) groups is 1. The number of carboxylic acids is 1. The molecule has 0 spiro atoms. The fraction of sp³-hybridized carbons (Fsp3) is 0.273. The van der Waals surface area contributed by atoms with Crippen molar-refractivity contribution < 1.29 is 27.8 Å². The quantitative estimate of drug-likeness (QED) is 0.867. The van der Waals surface area contributed by atoms with Gasteiger partial charge in [0.2, 0.25) is 0 Å². The smallest absolute Gasteiger partial charge is 0.481 e. The summed E-state index contributed by atoms with van der Waals surface area (Å²) in [6, 6.07) is 3.99. The number of carboxylic acid groups (broad SMARTS) is 1. The van der Waals surface area contributed by atoms with E-state index in [0.717, 1.165) is 6.07 Å². The molecule has 0 aromatic heterocycles. The summed E-state index contributed by atoms with van der Waals surface area (Å²) >= 11 is 5.51. The van der Waals surface area contributed by atoms with Crippen LogP contribution in [0.2, 0.25) is 0 Å². The van der Waals surface area contributed by atoms with E-state index in [9.17, 15) is 18.0 Å². The lowest BCUT2D eigenvalue weighted by Crippen LogP contribution is -2.20. The van der Waals surface area contributed by atoms with Crippen LogP contribution in [-0.4, -0.2) is 17.4 Å². The van der Waals surface area contributed by atoms with Gasteiger partial charge in [-0.3, -0.25) is 4.79 Å². The second-order valence-corrected chi connectivity index (χ2v) is 3.72. The number of alkyl halides is 4. The Balaban J connectivity index is 3.40. The minimum Gasteiger partial charge on any atom is -0.481 e. The summed E-state index contributed by atoms with van der Waals surface area (Å²) in [5.41, 5.74) is -0.515. The maximum absolute atomic E-state index is 12.3. The monoisotopic (exact) mass is 293 g/mol. The lowest BCUT2D eigenvalue weighted by Gasteiger charge is -2.15. The van der Waals surface area contributed by atoms with E-state index in [1.54, 1.807) is 6.07 Å². The first-order valence-corrected chi connectivity index (χ1v) is 5.40. The van der Waals surface area contributed by atoms with Gasteiger partial charge < -0.3 is 9.84 Å². The highest BCUT2D eigenvalue weighted by Gasteiger charge is 2.34. The molecule has 0 atom stereocenters. The van der Waals surface area contributed by atoms with Crippen molar-refractivity contribution in [3.8, 4) is 11.8 Å². The van der Waals surface area contributed by atoms with E-state index < -0.39 is 30.1 Å². The molecule has 0 unspecified atom stereocenters. The van der Waals surface area contributed by atoms with E-state index >= 15 is 0 Å². The summed E-state index contributed by atoms with van der Waals surface area (Å²) in [7, 11) is 0. The van der Waals surface area contributed by atoms with Gasteiger partial charge in [0, 0.05) is 11.4 Å². The van der Waals surface area contributed by atoms with Crippen LogP contribution in [0.25, 0.3) is 0 Å². The van der Waals surface area contributed by atoms with Gasteiger partial charge in [-0.2, -0.15) is 5.26 Å². The van der Waals surface area contributed by atoms with E-state index in [1.165, 1.54) is 6.07 Å². The van der Waals surface area contributed by atoms with Gasteiger partial charge in [-0.05, 0) is 5.56 Å². The Labute approximate surface area is 111 Å². The molecule has 1 N–H and O–H groups in total. The number of hydrogen-bond acceptors (Lipinski definition) is 3. The molecule has 1 aromatic carbocycles. The van der Waals surface area contributed by atoms with Gasteiger partial charge in [-0.25, -0.2) is 0 Å². The number of nitriles is 1. The number of halogens is 4. The van der Waals surface area contributed by atoms with E-state index in [2.05, 4.69) is 4.74 Å². The normalized spacial score (nSPS) is 10.9. The molecule has 4 nitrogen and oxygen atoms in total. The third kappa shape index (κ3) is 4.03. The average molecular weight is 294 g/mol. The average Bonchev–Trinajstić information content (AvgIpc) is 2.28. The largest absolute Gasteiger partial charge is 0.573 e. The van der Waals surface area contributed by atoms with Crippen LogP contribution in [0.15, 0.2) is 12.1 Å². The zero-order valence-electron chi connectivity index (χ0n) is 9.29. The van der Waals surface area contributed by atoms with Crippen LogP contribution in [0.3, 0.4) is 0 Å². The third-order valence-corrected chi connectivity index (χ3v) is 2.43. The Morgan fingerprint density at radius 1 is 1.42 bits per heavy atom. The second-order valence-electron chi connectivity index (χ2n) is 3.45. The van der Waals surface area contributed by atoms with Crippen molar-refractivity contribution in [3.05, 3.63) is 28.8 Å². The van der Waals surface area contributed by atoms with E-state index in [1.807, 2.05) is 0 Å². The van der Waals surface area contributed by atoms with Crippen LogP contribution in [-0.2, 0) is 17.1 Å². The highest BCUT2D eigenvalue weighted by Crippen LogP contribution is 2.33. The van der Waals surface area contributed by atoms with Gasteiger partial charge in [0.15, 0.2) is 5.75 Å². The zero-order chi connectivity index (χ0) is 14.6. The molecule has 19 heavy (non-hydrogen) atoms. The van der Waals surface area contributed by atoms with Gasteiger partial charge in [0.1, 0.15) is 6.07 Å². The third-order valence-electron chi connectivity index (χ3n) is 2.14. The maximum Gasteiger partial charge on any atom is 0.573 e. The maximum atomic E-state index is 12.3. The molecular weight excluding hydrogens is 287 g/mol. The molecule has 0 amide bonds. The Kier molecular flexibility index (Phi) is 4.62. The minimum absolute atomic E-state index is 0.137. The number of benzene rings is 1. The van der Waals surface area contributed by atoms with Crippen molar-refractivity contribution in [2.75, 3.05) is 0 Å². The molecule has 8 heteroatoms. The van der Waals surface area contributed by atoms with Crippen molar-refractivity contribution in [1.29, 1.82) is 5.26 Å². The van der Waals surface area contributed by atoms with Crippen molar-refractivity contribution in [3.63, 3.8) is 0 Å². The summed E-state index contributed by atoms with van der Waals surface area (Å²) in [6.45, 7) is 0. The fourth-order valence-corrected chi connectivity index (χ4v) is 1.66. The van der Waals surface area contributed by atoms with Crippen LogP contribution in [0, 0.1) is 11.3 Å². The molecule has 1 aromatic rings. The Bertz CT molecular complexity index is 537. The second kappa shape index (κ2) is 5.80. The van der Waals surface area contributed by atoms with Crippen molar-refractivity contribution in [2.24, 2.45) is 0 Å². The summed E-state index contributed by atoms with van der Waals surface area (Å²) < 4.78 is 40.6. The lowest BCUT2D eigenvalue weighted by atomic mass is 10.0. The molecule has 0 aliphatic carbocycles. The van der Waals surface area contributed by atoms with Crippen LogP contribution >= 0.6 is 11.6 Å². The Morgan fingerprint density at radius 3 is 2.42 bits per heavy atom. The molecule has 0 saturated carbocycles. The molecule has 0 heterocycles. The number of aliphatic carboxylic acids is 1. The lowest BCUT2D eigenvalue weighted by molar-refractivity contribution is -0.275. The van der Waals surface area contributed by atoms with Gasteiger partial charge in [-0.15, -0.1) is 24.8 Å². The summed E-state index contributed by atoms with van der Waals surface area (Å²) in [4.78, 5) is 10.6. The number of rotatable bonds is 4. The molecule has 0 radical (unpaired) electrons. The van der Waals surface area contributed by atoms with Crippen molar-refractivity contribution in [1.82, 2.24) is 0 Å². The number of ether oxygens (including phenoxy) is 1. The van der Waals surface area contributed by atoms with Gasteiger partial charge in [0.25, 0.3) is 0 Å². The molecule has 0 bridgehead atoms. The topological polar surface area (TPSA) is 70.3 Å². The summed E-state index contributed by atoms with van der Waals surface area (Å²) in [5.74, 6) is -2.34. The van der Waals surface area contributed by atoms with E-state index in [4.69, 9.17) is 22.0 Å². The molecule has 0 fully saturated rings. The first-order chi connectivity index (χ1) is 8.78. The minimum atomic E-state index is -5.02. The summed E-state index contributed by atoms with van der Waals surface area (Å²) in [6.07, 6.45) is -5.72. The highest BCUT2D eigenvalue weighted by atomic mass is 35.5. The van der Waals surface area contributed by atoms with Crippen molar-refractivity contribution >= 4 is 17.6 Å². The summed E-state index contributed by atoms with van der Waals surface area (Å²) in [5, 5.41) is 17.5. The van der Waals surface area contributed by atoms with Crippen LogP contribution in [0.4, 0.5) is 13.2 Å². The molecule has 0 aliphatic rings. The predicted octanol–water partition coefficient (Wildman–Crippen LogP) is 2.82. The van der Waals surface area contributed by atoms with Gasteiger partial charge in [-0.1, -0.05) is 12.1 Å². The molecule has 0 saturated heterocycles. The SMILES string of the molecule is N#Cc1c(CCl)ccc(CC(=O)O)c1OC(F)(F)F. The zero-order valence-corrected chi connectivity index (χ0v) is 10.0. The van der Waals surface area contributed by atoms with Gasteiger partial charge in [0.05, 0.1) is 12.0 Å². The Morgan fingerprint density at radius 2 is 2.00 bits per heavy atom. The van der Waals surface area contributed by atoms with Crippen molar-refractivity contribution in [2.45, 2.75) is 18.7 Å². The molecule has 0 aliphatic heterocycles. The fourth-order valence-electron chi connectivity index (χ4n) is 1.43. The van der Waals surface area contributed by atoms with Crippen LogP contribution in [0.1, 0.15) is 16.7 Å². The van der Waals surface area contributed by atoms with Crippen LogP contribution < -0.4 is 4.74 Å². The number of hydrogen-bond donors (Lipinski definition) is 1. The first-order valence-electron chi connectivity index (χ1n) is 4.87.